The Kier molecular flexibility index (Phi) is 1.17. The van der Waals surface area contributed by atoms with E-state index in [-0.39, 0.29) is 6.04 Å². The van der Waals surface area contributed by atoms with E-state index in [0.717, 1.165) is 29.5 Å². The maximum Gasteiger partial charge on any atom is 0.121 e. The minimum absolute atomic E-state index is 0.225. The lowest BCUT2D eigenvalue weighted by Gasteiger charge is -2.19. The summed E-state index contributed by atoms with van der Waals surface area (Å²) >= 11 is 0. The topological polar surface area (TPSA) is 52.5 Å². The molecule has 4 heteroatoms. The number of aromatic amines is 1. The Balaban J connectivity index is 2.15. The van der Waals surface area contributed by atoms with Crippen LogP contribution in [0.3, 0.4) is 0 Å². The molecule has 0 saturated carbocycles. The third kappa shape index (κ3) is 0.854. The van der Waals surface area contributed by atoms with Gasteiger partial charge in [0.2, 0.25) is 0 Å². The molecular formula is C9H10N4. The van der Waals surface area contributed by atoms with Crippen LogP contribution in [0.4, 0.5) is 5.82 Å². The van der Waals surface area contributed by atoms with Crippen molar-refractivity contribution in [1.29, 1.82) is 0 Å². The van der Waals surface area contributed by atoms with Crippen molar-refractivity contribution in [3.8, 4) is 0 Å². The average molecular weight is 174 g/mol. The van der Waals surface area contributed by atoms with E-state index in [2.05, 4.69) is 20.3 Å². The van der Waals surface area contributed by atoms with Crippen LogP contribution < -0.4 is 5.32 Å². The summed E-state index contributed by atoms with van der Waals surface area (Å²) < 4.78 is 0. The summed E-state index contributed by atoms with van der Waals surface area (Å²) in [5.41, 5.74) is 2.27. The normalized spacial score (nSPS) is 24.2. The fourth-order valence-corrected chi connectivity index (χ4v) is 1.87. The summed E-state index contributed by atoms with van der Waals surface area (Å²) in [5.74, 6) is 1.95. The molecule has 1 atom stereocenters. The number of amidine groups is 1. The number of fused-ring (bicyclic) bond motifs is 3. The first-order valence-electron chi connectivity index (χ1n) is 4.39. The molecular weight excluding hydrogens is 164 g/mol. The van der Waals surface area contributed by atoms with Crippen molar-refractivity contribution in [2.24, 2.45) is 9.98 Å². The van der Waals surface area contributed by atoms with Gasteiger partial charge in [-0.15, -0.1) is 0 Å². The van der Waals surface area contributed by atoms with Crippen LogP contribution >= 0.6 is 0 Å². The summed E-state index contributed by atoms with van der Waals surface area (Å²) in [4.78, 5) is 12.0. The number of rotatable bonds is 0. The average Bonchev–Trinajstić information content (AvgIpc) is 2.65. The molecule has 1 aromatic rings. The number of hydrogen-bond acceptors (Lipinski definition) is 3. The minimum Gasteiger partial charge on any atom is -0.369 e. The van der Waals surface area contributed by atoms with Gasteiger partial charge in [-0.2, -0.15) is 0 Å². The number of nitrogens with zero attached hydrogens (tertiary/aromatic N) is 2. The molecule has 0 amide bonds. The second kappa shape index (κ2) is 2.22. The van der Waals surface area contributed by atoms with Crippen LogP contribution in [0.2, 0.25) is 0 Å². The highest BCUT2D eigenvalue weighted by Crippen LogP contribution is 2.24. The molecule has 0 spiro atoms. The first-order chi connectivity index (χ1) is 6.34. The first kappa shape index (κ1) is 6.88. The van der Waals surface area contributed by atoms with Crippen LogP contribution in [0, 0.1) is 0 Å². The van der Waals surface area contributed by atoms with Gasteiger partial charge in [0.15, 0.2) is 0 Å². The zero-order valence-electron chi connectivity index (χ0n) is 7.33. The molecule has 2 N–H and O–H groups in total. The van der Waals surface area contributed by atoms with Crippen LogP contribution in [0.25, 0.3) is 0 Å². The van der Waals surface area contributed by atoms with Crippen LogP contribution in [-0.2, 0) is 0 Å². The predicted molar refractivity (Wildman–Crippen MR) is 52.7 cm³/mol. The lowest BCUT2D eigenvalue weighted by atomic mass is 10.0. The third-order valence-corrected chi connectivity index (χ3v) is 2.44. The predicted octanol–water partition coefficient (Wildman–Crippen LogP) is 1.03. The van der Waals surface area contributed by atoms with Gasteiger partial charge < -0.3 is 10.3 Å². The molecule has 66 valence electrons. The van der Waals surface area contributed by atoms with Crippen LogP contribution in [0.1, 0.15) is 12.5 Å². The molecule has 2 aliphatic heterocycles. The zero-order valence-corrected chi connectivity index (χ0v) is 7.33. The third-order valence-electron chi connectivity index (χ3n) is 2.44. The van der Waals surface area contributed by atoms with E-state index in [1.165, 1.54) is 0 Å². The Morgan fingerprint density at radius 2 is 2.46 bits per heavy atom. The second-order valence-electron chi connectivity index (χ2n) is 3.34. The molecule has 3 rings (SSSR count). The van der Waals surface area contributed by atoms with Crippen molar-refractivity contribution in [2.45, 2.75) is 13.0 Å². The smallest absolute Gasteiger partial charge is 0.121 e. The van der Waals surface area contributed by atoms with Gasteiger partial charge in [0.1, 0.15) is 17.7 Å². The van der Waals surface area contributed by atoms with Crippen LogP contribution in [-0.4, -0.2) is 29.1 Å². The van der Waals surface area contributed by atoms with Gasteiger partial charge in [-0.25, -0.2) is 4.99 Å². The maximum atomic E-state index is 4.43. The number of nitrogens with one attached hydrogen (secondary N) is 2. The van der Waals surface area contributed by atoms with Crippen molar-refractivity contribution < 1.29 is 0 Å². The molecule has 1 aromatic heterocycles. The molecule has 0 bridgehead atoms. The molecule has 0 fully saturated rings. The molecule has 0 aliphatic carbocycles. The Labute approximate surface area is 75.8 Å². The fraction of sp³-hybridized carbons (Fsp3) is 0.333. The van der Waals surface area contributed by atoms with Gasteiger partial charge in [-0.3, -0.25) is 4.99 Å². The molecule has 0 radical (unpaired) electrons. The SMILES string of the molecule is CC1=NC2CNc3[nH]ccc3C2=N1. The minimum atomic E-state index is 0.225. The van der Waals surface area contributed by atoms with E-state index < -0.39 is 0 Å². The van der Waals surface area contributed by atoms with E-state index >= 15 is 0 Å². The highest BCUT2D eigenvalue weighted by molar-refractivity contribution is 6.17. The Bertz CT molecular complexity index is 413. The van der Waals surface area contributed by atoms with E-state index in [0.29, 0.717) is 0 Å². The van der Waals surface area contributed by atoms with E-state index in [1.807, 2.05) is 19.2 Å². The Morgan fingerprint density at radius 3 is 3.38 bits per heavy atom. The van der Waals surface area contributed by atoms with Gasteiger partial charge in [-0.05, 0) is 13.0 Å². The lowest BCUT2D eigenvalue weighted by molar-refractivity contribution is 0.897. The van der Waals surface area contributed by atoms with Crippen molar-refractivity contribution in [1.82, 2.24) is 4.98 Å². The summed E-state index contributed by atoms with van der Waals surface area (Å²) in [6.45, 7) is 2.79. The van der Waals surface area contributed by atoms with Crippen molar-refractivity contribution in [2.75, 3.05) is 11.9 Å². The standard InChI is InChI=1S/C9H10N4/c1-5-12-7-4-11-9-6(2-3-10-9)8(7)13-5/h2-3,7,10-11H,4H2,1H3. The molecule has 1 unspecified atom stereocenters. The van der Waals surface area contributed by atoms with E-state index in [1.54, 1.807) is 0 Å². The second-order valence-corrected chi connectivity index (χ2v) is 3.34. The number of anilines is 1. The summed E-state index contributed by atoms with van der Waals surface area (Å²) in [5, 5.41) is 3.29. The van der Waals surface area contributed by atoms with Gasteiger partial charge in [0.05, 0.1) is 5.71 Å². The van der Waals surface area contributed by atoms with Gasteiger partial charge in [0.25, 0.3) is 0 Å². The van der Waals surface area contributed by atoms with Gasteiger partial charge in [-0.1, -0.05) is 0 Å². The Hall–Kier alpha value is -1.58. The molecule has 0 aromatic carbocycles. The van der Waals surface area contributed by atoms with E-state index in [9.17, 15) is 0 Å². The number of H-pyrrole nitrogens is 1. The van der Waals surface area contributed by atoms with Crippen LogP contribution in [0.5, 0.6) is 0 Å². The monoisotopic (exact) mass is 174 g/mol. The summed E-state index contributed by atoms with van der Waals surface area (Å²) in [6, 6.07) is 2.27. The van der Waals surface area contributed by atoms with Gasteiger partial charge in [0, 0.05) is 18.3 Å². The molecule has 3 heterocycles. The number of aromatic nitrogens is 1. The summed E-state index contributed by atoms with van der Waals surface area (Å²) in [7, 11) is 0. The fourth-order valence-electron chi connectivity index (χ4n) is 1.87. The van der Waals surface area contributed by atoms with Crippen LogP contribution in [0.15, 0.2) is 22.2 Å². The zero-order chi connectivity index (χ0) is 8.84. The van der Waals surface area contributed by atoms with E-state index in [4.69, 9.17) is 0 Å². The summed E-state index contributed by atoms with van der Waals surface area (Å²) in [6.07, 6.45) is 1.93. The number of aliphatic imine (C=N–C) groups is 2. The van der Waals surface area contributed by atoms with Crippen molar-refractivity contribution in [3.05, 3.63) is 17.8 Å². The Morgan fingerprint density at radius 1 is 1.54 bits per heavy atom. The van der Waals surface area contributed by atoms with Gasteiger partial charge >= 0.3 is 0 Å². The van der Waals surface area contributed by atoms with Crippen molar-refractivity contribution in [3.63, 3.8) is 0 Å². The quantitative estimate of drug-likeness (QED) is 0.606. The molecule has 13 heavy (non-hydrogen) atoms. The number of hydrogen-bond donors (Lipinski definition) is 2. The highest BCUT2D eigenvalue weighted by Gasteiger charge is 2.28. The molecule has 0 saturated heterocycles. The lowest BCUT2D eigenvalue weighted by Crippen LogP contribution is -2.31. The molecule has 2 aliphatic rings. The first-order valence-corrected chi connectivity index (χ1v) is 4.39. The largest absolute Gasteiger partial charge is 0.369 e. The highest BCUT2D eigenvalue weighted by atomic mass is 15.1. The maximum absolute atomic E-state index is 4.43. The molecule has 4 nitrogen and oxygen atoms in total. The van der Waals surface area contributed by atoms with Crippen molar-refractivity contribution >= 4 is 17.4 Å².